The second-order valence-electron chi connectivity index (χ2n) is 7.00. The van der Waals surface area contributed by atoms with Crippen LogP contribution in [0.5, 0.6) is 0 Å². The summed E-state index contributed by atoms with van der Waals surface area (Å²) in [6.45, 7) is 2.89. The van der Waals surface area contributed by atoms with Gasteiger partial charge in [-0.15, -0.1) is 0 Å². The normalized spacial score (nSPS) is 20.6. The van der Waals surface area contributed by atoms with Gasteiger partial charge in [0, 0.05) is 19.6 Å². The molecule has 7 heteroatoms. The molecule has 4 rings (SSSR count). The molecule has 0 bridgehead atoms. The fourth-order valence-corrected chi connectivity index (χ4v) is 3.21. The van der Waals surface area contributed by atoms with Crippen molar-refractivity contribution in [3.05, 3.63) is 42.1 Å². The number of halogens is 1. The summed E-state index contributed by atoms with van der Waals surface area (Å²) in [6, 6.07) is 10.5. The Morgan fingerprint density at radius 1 is 1.23 bits per heavy atom. The Balaban J connectivity index is 1.53. The van der Waals surface area contributed by atoms with Gasteiger partial charge in [-0.3, -0.25) is 4.68 Å². The minimum Gasteiger partial charge on any atom is -0.366 e. The zero-order chi connectivity index (χ0) is 18.1. The standard InChI is InChI=1S/C19H23FN6/c1-12(13-6-4-3-5-7-13)10-21-19-24-17(23-15-8-14(20)9-15)16-11-22-26(2)18(16)25-19/h3-7,11-12,14-15H,8-10H2,1-2H3,(H2,21,23,24,25). The lowest BCUT2D eigenvalue weighted by molar-refractivity contribution is 0.192. The van der Waals surface area contributed by atoms with Gasteiger partial charge < -0.3 is 10.6 Å². The number of anilines is 2. The van der Waals surface area contributed by atoms with E-state index in [1.165, 1.54) is 5.56 Å². The summed E-state index contributed by atoms with van der Waals surface area (Å²) < 4.78 is 14.9. The van der Waals surface area contributed by atoms with Gasteiger partial charge in [0.15, 0.2) is 5.65 Å². The molecule has 2 N–H and O–H groups in total. The van der Waals surface area contributed by atoms with Gasteiger partial charge in [-0.25, -0.2) is 4.39 Å². The first-order valence-electron chi connectivity index (χ1n) is 8.99. The van der Waals surface area contributed by atoms with Crippen molar-refractivity contribution in [3.63, 3.8) is 0 Å². The van der Waals surface area contributed by atoms with Gasteiger partial charge in [-0.1, -0.05) is 37.3 Å². The largest absolute Gasteiger partial charge is 0.366 e. The molecular formula is C19H23FN6. The maximum Gasteiger partial charge on any atom is 0.226 e. The summed E-state index contributed by atoms with van der Waals surface area (Å²) in [5, 5.41) is 11.8. The number of hydrogen-bond donors (Lipinski definition) is 2. The van der Waals surface area contributed by atoms with E-state index in [0.717, 1.165) is 23.4 Å². The third-order valence-electron chi connectivity index (χ3n) is 4.95. The van der Waals surface area contributed by atoms with Crippen LogP contribution >= 0.6 is 0 Å². The number of aryl methyl sites for hydroxylation is 1. The molecule has 1 aliphatic carbocycles. The Hall–Kier alpha value is -2.70. The molecule has 0 amide bonds. The van der Waals surface area contributed by atoms with E-state index in [1.807, 2.05) is 25.2 Å². The zero-order valence-electron chi connectivity index (χ0n) is 15.0. The van der Waals surface area contributed by atoms with Crippen molar-refractivity contribution in [2.75, 3.05) is 17.2 Å². The number of nitrogens with one attached hydrogen (secondary N) is 2. The van der Waals surface area contributed by atoms with Crippen LogP contribution in [0.3, 0.4) is 0 Å². The number of alkyl halides is 1. The highest BCUT2D eigenvalue weighted by Crippen LogP contribution is 2.29. The van der Waals surface area contributed by atoms with Gasteiger partial charge >= 0.3 is 0 Å². The first-order chi connectivity index (χ1) is 12.6. The number of hydrogen-bond acceptors (Lipinski definition) is 5. The summed E-state index contributed by atoms with van der Waals surface area (Å²) in [5.41, 5.74) is 2.02. The molecule has 1 atom stereocenters. The van der Waals surface area contributed by atoms with Crippen LogP contribution in [0.1, 0.15) is 31.2 Å². The van der Waals surface area contributed by atoms with Crippen molar-refractivity contribution < 1.29 is 4.39 Å². The van der Waals surface area contributed by atoms with Gasteiger partial charge in [0.05, 0.1) is 11.6 Å². The number of benzene rings is 1. The van der Waals surface area contributed by atoms with E-state index in [1.54, 1.807) is 10.9 Å². The van der Waals surface area contributed by atoms with Gasteiger partial charge in [-0.2, -0.15) is 15.1 Å². The molecule has 1 saturated carbocycles. The van der Waals surface area contributed by atoms with Crippen molar-refractivity contribution in [1.29, 1.82) is 0 Å². The van der Waals surface area contributed by atoms with Gasteiger partial charge in [-0.05, 0) is 24.3 Å². The van der Waals surface area contributed by atoms with Crippen molar-refractivity contribution >= 4 is 22.8 Å². The fraction of sp³-hybridized carbons (Fsp3) is 0.421. The molecule has 2 heterocycles. The van der Waals surface area contributed by atoms with Crippen molar-refractivity contribution in [2.24, 2.45) is 7.05 Å². The molecule has 1 aromatic carbocycles. The van der Waals surface area contributed by atoms with Crippen LogP contribution in [-0.2, 0) is 7.05 Å². The monoisotopic (exact) mass is 354 g/mol. The summed E-state index contributed by atoms with van der Waals surface area (Å²) in [5.74, 6) is 1.61. The molecule has 3 aromatic rings. The van der Waals surface area contributed by atoms with Crippen LogP contribution in [0.4, 0.5) is 16.2 Å². The molecule has 1 aliphatic rings. The fourth-order valence-electron chi connectivity index (χ4n) is 3.21. The Labute approximate surface area is 151 Å². The lowest BCUT2D eigenvalue weighted by Crippen LogP contribution is -2.37. The zero-order valence-corrected chi connectivity index (χ0v) is 15.0. The molecule has 2 aromatic heterocycles. The summed E-state index contributed by atoms with van der Waals surface area (Å²) >= 11 is 0. The number of rotatable bonds is 6. The third kappa shape index (κ3) is 3.34. The average molecular weight is 354 g/mol. The Morgan fingerprint density at radius 3 is 2.73 bits per heavy atom. The third-order valence-corrected chi connectivity index (χ3v) is 4.95. The highest BCUT2D eigenvalue weighted by atomic mass is 19.1. The van der Waals surface area contributed by atoms with Crippen LogP contribution in [0, 0.1) is 0 Å². The molecule has 26 heavy (non-hydrogen) atoms. The maximum atomic E-state index is 13.1. The van der Waals surface area contributed by atoms with Gasteiger partial charge in [0.1, 0.15) is 12.0 Å². The second kappa shape index (κ2) is 6.90. The Morgan fingerprint density at radius 2 is 2.00 bits per heavy atom. The average Bonchev–Trinajstić information content (AvgIpc) is 3.00. The van der Waals surface area contributed by atoms with Crippen molar-refractivity contribution in [1.82, 2.24) is 19.7 Å². The number of nitrogens with zero attached hydrogens (tertiary/aromatic N) is 4. The van der Waals surface area contributed by atoms with Gasteiger partial charge in [0.2, 0.25) is 5.95 Å². The molecule has 0 radical (unpaired) electrons. The van der Waals surface area contributed by atoms with Crippen molar-refractivity contribution in [3.8, 4) is 0 Å². The lowest BCUT2D eigenvalue weighted by atomic mass is 9.91. The molecule has 0 aliphatic heterocycles. The number of fused-ring (bicyclic) bond motifs is 1. The minimum atomic E-state index is -0.706. The number of aromatic nitrogens is 4. The molecule has 0 spiro atoms. The quantitative estimate of drug-likeness (QED) is 0.709. The first kappa shape index (κ1) is 16.8. The van der Waals surface area contributed by atoms with E-state index in [2.05, 4.69) is 44.8 Å². The SMILES string of the molecule is CC(CNc1nc(NC2CC(F)C2)c2cnn(C)c2n1)c1ccccc1. The van der Waals surface area contributed by atoms with Crippen LogP contribution < -0.4 is 10.6 Å². The van der Waals surface area contributed by atoms with Crippen molar-refractivity contribution in [2.45, 2.75) is 37.9 Å². The predicted molar refractivity (Wildman–Crippen MR) is 101 cm³/mol. The predicted octanol–water partition coefficient (Wildman–Crippen LogP) is 3.49. The second-order valence-corrected chi connectivity index (χ2v) is 7.00. The molecule has 1 fully saturated rings. The Kier molecular flexibility index (Phi) is 4.44. The van der Waals surface area contributed by atoms with E-state index in [-0.39, 0.29) is 6.04 Å². The maximum absolute atomic E-state index is 13.1. The minimum absolute atomic E-state index is 0.124. The van der Waals surface area contributed by atoms with E-state index in [0.29, 0.717) is 24.7 Å². The summed E-state index contributed by atoms with van der Waals surface area (Å²) in [4.78, 5) is 9.21. The highest BCUT2D eigenvalue weighted by Gasteiger charge is 2.29. The van der Waals surface area contributed by atoms with Crippen LogP contribution in [0.25, 0.3) is 11.0 Å². The highest BCUT2D eigenvalue weighted by molar-refractivity contribution is 5.87. The van der Waals surface area contributed by atoms with Crippen LogP contribution in [-0.4, -0.2) is 38.5 Å². The summed E-state index contributed by atoms with van der Waals surface area (Å²) in [7, 11) is 1.86. The molecule has 6 nitrogen and oxygen atoms in total. The lowest BCUT2D eigenvalue weighted by Gasteiger charge is -2.30. The van der Waals surface area contributed by atoms with E-state index in [4.69, 9.17) is 0 Å². The first-order valence-corrected chi connectivity index (χ1v) is 8.99. The molecule has 1 unspecified atom stereocenters. The van der Waals surface area contributed by atoms with Gasteiger partial charge in [0.25, 0.3) is 0 Å². The molecular weight excluding hydrogens is 331 g/mol. The molecule has 136 valence electrons. The van der Waals surface area contributed by atoms with E-state index >= 15 is 0 Å². The van der Waals surface area contributed by atoms with E-state index < -0.39 is 6.17 Å². The Bertz CT molecular complexity index is 888. The van der Waals surface area contributed by atoms with Crippen LogP contribution in [0.15, 0.2) is 36.5 Å². The topological polar surface area (TPSA) is 67.7 Å². The van der Waals surface area contributed by atoms with Crippen LogP contribution in [0.2, 0.25) is 0 Å². The molecule has 0 saturated heterocycles. The smallest absolute Gasteiger partial charge is 0.226 e. The van der Waals surface area contributed by atoms with E-state index in [9.17, 15) is 4.39 Å². The summed E-state index contributed by atoms with van der Waals surface area (Å²) in [6.07, 6.45) is 2.10.